The summed E-state index contributed by atoms with van der Waals surface area (Å²) < 4.78 is 0. The molecule has 3 N–H and O–H groups in total. The Morgan fingerprint density at radius 1 is 1.15 bits per heavy atom. The van der Waals surface area contributed by atoms with Gasteiger partial charge in [-0.05, 0) is 68.0 Å². The quantitative estimate of drug-likeness (QED) is 0.644. The molecule has 0 saturated heterocycles. The number of allylic oxidation sites excluding steroid dienone is 2. The lowest BCUT2D eigenvalue weighted by Crippen LogP contribution is -2.29. The molecule has 0 fully saturated rings. The van der Waals surface area contributed by atoms with Gasteiger partial charge in [0.1, 0.15) is 0 Å². The number of hydrogen-bond acceptors (Lipinski definition) is 2. The lowest BCUT2D eigenvalue weighted by atomic mass is 10.0. The number of nitrogen functional groups attached to an aromatic ring is 1. The monoisotopic (exact) mass is 268 g/mol. The van der Waals surface area contributed by atoms with Crippen molar-refractivity contribution in [3.05, 3.63) is 64.9 Å². The van der Waals surface area contributed by atoms with Crippen LogP contribution in [0.4, 0.5) is 5.69 Å². The molecule has 1 aromatic rings. The van der Waals surface area contributed by atoms with Crippen molar-refractivity contribution in [1.82, 2.24) is 5.32 Å². The van der Waals surface area contributed by atoms with Crippen molar-refractivity contribution < 1.29 is 0 Å². The van der Waals surface area contributed by atoms with E-state index in [0.29, 0.717) is 6.04 Å². The van der Waals surface area contributed by atoms with E-state index in [1.807, 2.05) is 13.0 Å². The molecule has 0 amide bonds. The highest BCUT2D eigenvalue weighted by Crippen LogP contribution is 2.26. The first-order valence-electron chi connectivity index (χ1n) is 7.05. The molecule has 1 unspecified atom stereocenters. The van der Waals surface area contributed by atoms with Crippen molar-refractivity contribution in [2.75, 3.05) is 5.73 Å². The van der Waals surface area contributed by atoms with E-state index in [1.54, 1.807) is 0 Å². The summed E-state index contributed by atoms with van der Waals surface area (Å²) in [6.07, 6.45) is 2.03. The molecule has 0 saturated carbocycles. The van der Waals surface area contributed by atoms with Gasteiger partial charge in [0.15, 0.2) is 0 Å². The summed E-state index contributed by atoms with van der Waals surface area (Å²) in [5.74, 6) is 0. The van der Waals surface area contributed by atoms with Crippen molar-refractivity contribution in [2.24, 2.45) is 0 Å². The lowest BCUT2D eigenvalue weighted by molar-refractivity contribution is 0.601. The van der Waals surface area contributed by atoms with Gasteiger partial charge in [0, 0.05) is 17.4 Å². The number of nitrogens with two attached hydrogens (primary N) is 1. The van der Waals surface area contributed by atoms with E-state index in [2.05, 4.69) is 44.5 Å². The van der Waals surface area contributed by atoms with Crippen LogP contribution >= 0.6 is 0 Å². The van der Waals surface area contributed by atoms with E-state index in [9.17, 15) is 0 Å². The topological polar surface area (TPSA) is 38.0 Å². The molecule has 2 rings (SSSR count). The number of anilines is 1. The van der Waals surface area contributed by atoms with Crippen LogP contribution < -0.4 is 11.1 Å². The molecular formula is C18H24N2. The van der Waals surface area contributed by atoms with Gasteiger partial charge in [0.25, 0.3) is 0 Å². The molecule has 0 aliphatic heterocycles. The Bertz CT molecular complexity index is 589. The SMILES string of the molecule is C=C(C)C(C(=C)NC1Cc2ccc(N)cc2C1)=C(C)C. The summed E-state index contributed by atoms with van der Waals surface area (Å²) in [6, 6.07) is 6.59. The van der Waals surface area contributed by atoms with Crippen LogP contribution in [-0.2, 0) is 12.8 Å². The minimum absolute atomic E-state index is 0.396. The Hall–Kier alpha value is -1.96. The molecule has 0 radical (unpaired) electrons. The van der Waals surface area contributed by atoms with Gasteiger partial charge >= 0.3 is 0 Å². The van der Waals surface area contributed by atoms with Crippen LogP contribution in [0.1, 0.15) is 31.9 Å². The van der Waals surface area contributed by atoms with Crippen LogP contribution in [0.2, 0.25) is 0 Å². The summed E-state index contributed by atoms with van der Waals surface area (Å²) >= 11 is 0. The zero-order chi connectivity index (χ0) is 14.9. The fraction of sp³-hybridized carbons (Fsp3) is 0.333. The number of fused-ring (bicyclic) bond motifs is 1. The maximum Gasteiger partial charge on any atom is 0.0344 e. The van der Waals surface area contributed by atoms with Crippen molar-refractivity contribution in [3.63, 3.8) is 0 Å². The average molecular weight is 268 g/mol. The number of hydrogen-bond donors (Lipinski definition) is 2. The smallest absolute Gasteiger partial charge is 0.0344 e. The second-order valence-electron chi connectivity index (χ2n) is 5.91. The van der Waals surface area contributed by atoms with Crippen LogP contribution in [0.15, 0.2) is 53.8 Å². The van der Waals surface area contributed by atoms with Gasteiger partial charge < -0.3 is 11.1 Å². The third kappa shape index (κ3) is 2.96. The van der Waals surface area contributed by atoms with Gasteiger partial charge in [-0.2, -0.15) is 0 Å². The summed E-state index contributed by atoms with van der Waals surface area (Å²) in [5.41, 5.74) is 13.9. The Labute approximate surface area is 122 Å². The first kappa shape index (κ1) is 14.4. The second kappa shape index (κ2) is 5.58. The van der Waals surface area contributed by atoms with Crippen molar-refractivity contribution in [2.45, 2.75) is 39.7 Å². The Kier molecular flexibility index (Phi) is 4.03. The van der Waals surface area contributed by atoms with E-state index in [0.717, 1.165) is 35.4 Å². The molecule has 106 valence electrons. The molecule has 2 heteroatoms. The zero-order valence-electron chi connectivity index (χ0n) is 12.7. The summed E-state index contributed by atoms with van der Waals surface area (Å²) in [4.78, 5) is 0. The maximum absolute atomic E-state index is 5.85. The highest BCUT2D eigenvalue weighted by Gasteiger charge is 2.22. The predicted octanol–water partition coefficient (Wildman–Crippen LogP) is 3.75. The molecule has 1 aromatic carbocycles. The Morgan fingerprint density at radius 3 is 2.40 bits per heavy atom. The van der Waals surface area contributed by atoms with Crippen molar-refractivity contribution in [1.29, 1.82) is 0 Å². The summed E-state index contributed by atoms with van der Waals surface area (Å²) in [7, 11) is 0. The van der Waals surface area contributed by atoms with E-state index in [1.165, 1.54) is 16.7 Å². The first-order valence-corrected chi connectivity index (χ1v) is 7.05. The first-order chi connectivity index (χ1) is 9.38. The van der Waals surface area contributed by atoms with Crippen LogP contribution in [0, 0.1) is 0 Å². The van der Waals surface area contributed by atoms with Gasteiger partial charge in [-0.15, -0.1) is 0 Å². The number of nitrogens with one attached hydrogen (secondary N) is 1. The predicted molar refractivity (Wildman–Crippen MR) is 87.5 cm³/mol. The summed E-state index contributed by atoms with van der Waals surface area (Å²) in [6.45, 7) is 14.5. The lowest BCUT2D eigenvalue weighted by Gasteiger charge is -2.20. The minimum Gasteiger partial charge on any atom is -0.399 e. The highest BCUT2D eigenvalue weighted by molar-refractivity contribution is 5.49. The molecule has 1 aliphatic rings. The van der Waals surface area contributed by atoms with E-state index in [4.69, 9.17) is 5.73 Å². The molecule has 1 aliphatic carbocycles. The summed E-state index contributed by atoms with van der Waals surface area (Å²) in [5, 5.41) is 3.55. The maximum atomic E-state index is 5.85. The second-order valence-corrected chi connectivity index (χ2v) is 5.91. The molecule has 0 bridgehead atoms. The van der Waals surface area contributed by atoms with Gasteiger partial charge in [-0.25, -0.2) is 0 Å². The minimum atomic E-state index is 0.396. The van der Waals surface area contributed by atoms with Gasteiger partial charge in [0.05, 0.1) is 0 Å². The van der Waals surface area contributed by atoms with Gasteiger partial charge in [-0.1, -0.05) is 24.8 Å². The molecule has 2 nitrogen and oxygen atoms in total. The molecule has 1 atom stereocenters. The number of rotatable bonds is 4. The van der Waals surface area contributed by atoms with Gasteiger partial charge in [-0.3, -0.25) is 0 Å². The zero-order valence-corrected chi connectivity index (χ0v) is 12.7. The Morgan fingerprint density at radius 2 is 1.80 bits per heavy atom. The van der Waals surface area contributed by atoms with Crippen LogP contribution in [0.5, 0.6) is 0 Å². The van der Waals surface area contributed by atoms with Crippen LogP contribution in [-0.4, -0.2) is 6.04 Å². The molecule has 0 spiro atoms. The van der Waals surface area contributed by atoms with Crippen LogP contribution in [0.3, 0.4) is 0 Å². The molecular weight excluding hydrogens is 244 g/mol. The highest BCUT2D eigenvalue weighted by atomic mass is 14.9. The third-order valence-corrected chi connectivity index (χ3v) is 3.77. The fourth-order valence-corrected chi connectivity index (χ4v) is 3.04. The van der Waals surface area contributed by atoms with Crippen molar-refractivity contribution >= 4 is 5.69 Å². The molecule has 20 heavy (non-hydrogen) atoms. The van der Waals surface area contributed by atoms with Crippen LogP contribution in [0.25, 0.3) is 0 Å². The largest absolute Gasteiger partial charge is 0.399 e. The van der Waals surface area contributed by atoms with Gasteiger partial charge in [0.2, 0.25) is 0 Å². The third-order valence-electron chi connectivity index (χ3n) is 3.77. The molecule has 0 heterocycles. The van der Waals surface area contributed by atoms with Crippen molar-refractivity contribution in [3.8, 4) is 0 Å². The standard InChI is InChI=1S/C18H24N2/c1-11(2)18(12(3)4)13(5)20-17-9-14-6-7-16(19)8-15(14)10-17/h6-8,17,20H,1,5,9-10,19H2,2-4H3. The normalized spacial score (nSPS) is 16.4. The molecule has 0 aromatic heterocycles. The van der Waals surface area contributed by atoms with E-state index >= 15 is 0 Å². The van der Waals surface area contributed by atoms with E-state index < -0.39 is 0 Å². The average Bonchev–Trinajstić information content (AvgIpc) is 2.68. The fourth-order valence-electron chi connectivity index (χ4n) is 3.04. The number of benzene rings is 1. The van der Waals surface area contributed by atoms with E-state index in [-0.39, 0.29) is 0 Å². The Balaban J connectivity index is 2.09.